The lowest BCUT2D eigenvalue weighted by Gasteiger charge is -2.05. The Hall–Kier alpha value is -1.02. The van der Waals surface area contributed by atoms with Crippen molar-refractivity contribution in [3.8, 4) is 5.75 Å². The van der Waals surface area contributed by atoms with Gasteiger partial charge in [-0.15, -0.1) is 0 Å². The maximum absolute atomic E-state index is 12.8. The zero-order valence-corrected chi connectivity index (χ0v) is 8.40. The van der Waals surface area contributed by atoms with E-state index in [1.807, 2.05) is 0 Å². The van der Waals surface area contributed by atoms with Gasteiger partial charge in [-0.25, -0.2) is 17.8 Å². The minimum absolute atomic E-state index is 0.424. The summed E-state index contributed by atoms with van der Waals surface area (Å²) in [5.74, 6) is -2.14. The third-order valence-corrected chi connectivity index (χ3v) is 2.46. The fourth-order valence-electron chi connectivity index (χ4n) is 0.722. The van der Waals surface area contributed by atoms with Crippen molar-refractivity contribution < 1.29 is 26.3 Å². The maximum atomic E-state index is 12.8. The van der Waals surface area contributed by atoms with Crippen LogP contribution in [-0.4, -0.2) is 20.0 Å². The maximum Gasteiger partial charge on any atom is 0.387 e. The highest BCUT2D eigenvalue weighted by atomic mass is 35.7. The minimum Gasteiger partial charge on any atom is -0.432 e. The van der Waals surface area contributed by atoms with Gasteiger partial charge in [-0.2, -0.15) is 8.78 Å². The molecule has 0 aromatic carbocycles. The predicted molar refractivity (Wildman–Crippen MR) is 43.9 cm³/mol. The van der Waals surface area contributed by atoms with Crippen LogP contribution >= 0.6 is 10.7 Å². The Bertz CT molecular complexity index is 465. The van der Waals surface area contributed by atoms with Gasteiger partial charge in [0.25, 0.3) is 9.05 Å². The largest absolute Gasteiger partial charge is 0.432 e. The molecule has 15 heavy (non-hydrogen) atoms. The topological polar surface area (TPSA) is 56.3 Å². The smallest absolute Gasteiger partial charge is 0.387 e. The molecule has 0 N–H and O–H groups in total. The van der Waals surface area contributed by atoms with Gasteiger partial charge in [0.1, 0.15) is 0 Å². The van der Waals surface area contributed by atoms with E-state index in [0.29, 0.717) is 12.3 Å². The summed E-state index contributed by atoms with van der Waals surface area (Å²) in [6.45, 7) is -3.27. The number of aromatic nitrogens is 1. The average Bonchev–Trinajstić information content (AvgIpc) is 2.06. The lowest BCUT2D eigenvalue weighted by molar-refractivity contribution is -0.0524. The van der Waals surface area contributed by atoms with Crippen LogP contribution in [-0.2, 0) is 9.05 Å². The molecule has 0 amide bonds. The first-order chi connectivity index (χ1) is 6.80. The standard InChI is InChI=1S/C6H3ClF3NO3S/c7-15(12,13)5-1-4(14-6(9)10)3(8)2-11-5/h1-2,6H. The number of hydrogen-bond donors (Lipinski definition) is 0. The highest BCUT2D eigenvalue weighted by Crippen LogP contribution is 2.23. The Balaban J connectivity index is 3.17. The van der Waals surface area contributed by atoms with Crippen molar-refractivity contribution in [2.45, 2.75) is 11.6 Å². The summed E-state index contributed by atoms with van der Waals surface area (Å²) in [5.41, 5.74) is 0. The molecule has 0 radical (unpaired) electrons. The molecule has 0 saturated heterocycles. The predicted octanol–water partition coefficient (Wildman–Crippen LogP) is 1.75. The minimum atomic E-state index is -4.21. The summed E-state index contributed by atoms with van der Waals surface area (Å²) in [6.07, 6.45) is 0.424. The second-order valence-electron chi connectivity index (χ2n) is 2.27. The molecule has 1 heterocycles. The summed E-state index contributed by atoms with van der Waals surface area (Å²) >= 11 is 0. The van der Waals surface area contributed by atoms with Crippen LogP contribution < -0.4 is 4.74 Å². The van der Waals surface area contributed by atoms with E-state index in [4.69, 9.17) is 10.7 Å². The summed E-state index contributed by atoms with van der Waals surface area (Å²) in [6, 6.07) is 0.476. The third-order valence-electron chi connectivity index (χ3n) is 1.26. The molecule has 0 fully saturated rings. The van der Waals surface area contributed by atoms with Crippen molar-refractivity contribution in [1.29, 1.82) is 0 Å². The van der Waals surface area contributed by atoms with E-state index < -0.39 is 32.3 Å². The van der Waals surface area contributed by atoms with Gasteiger partial charge in [-0.3, -0.25) is 0 Å². The summed E-state index contributed by atoms with van der Waals surface area (Å²) < 4.78 is 61.4. The Morgan fingerprint density at radius 2 is 2.07 bits per heavy atom. The second kappa shape index (κ2) is 4.23. The first-order valence-corrected chi connectivity index (χ1v) is 5.66. The molecule has 0 atom stereocenters. The molecule has 0 aliphatic carbocycles. The Morgan fingerprint density at radius 3 is 2.53 bits per heavy atom. The van der Waals surface area contributed by atoms with E-state index in [-0.39, 0.29) is 0 Å². The zero-order valence-electron chi connectivity index (χ0n) is 6.82. The van der Waals surface area contributed by atoms with E-state index in [1.54, 1.807) is 0 Å². The normalized spacial score (nSPS) is 11.8. The van der Waals surface area contributed by atoms with Crippen LogP contribution in [0.15, 0.2) is 17.3 Å². The van der Waals surface area contributed by atoms with Gasteiger partial charge in [0.05, 0.1) is 6.20 Å². The Labute approximate surface area is 87.1 Å². The molecule has 9 heteroatoms. The molecule has 1 aromatic rings. The number of ether oxygens (including phenoxy) is 1. The van der Waals surface area contributed by atoms with Gasteiger partial charge in [0.2, 0.25) is 0 Å². The zero-order chi connectivity index (χ0) is 11.6. The van der Waals surface area contributed by atoms with E-state index in [2.05, 4.69) is 9.72 Å². The molecule has 84 valence electrons. The van der Waals surface area contributed by atoms with Crippen molar-refractivity contribution in [3.05, 3.63) is 18.1 Å². The van der Waals surface area contributed by atoms with E-state index in [9.17, 15) is 21.6 Å². The van der Waals surface area contributed by atoms with Crippen molar-refractivity contribution in [2.75, 3.05) is 0 Å². The van der Waals surface area contributed by atoms with E-state index in [1.165, 1.54) is 0 Å². The molecule has 0 spiro atoms. The second-order valence-corrected chi connectivity index (χ2v) is 4.78. The number of nitrogens with zero attached hydrogens (tertiary/aromatic N) is 1. The first kappa shape index (κ1) is 12.1. The van der Waals surface area contributed by atoms with Crippen LogP contribution in [0.1, 0.15) is 0 Å². The van der Waals surface area contributed by atoms with Gasteiger partial charge in [0, 0.05) is 16.7 Å². The molecule has 0 aliphatic rings. The van der Waals surface area contributed by atoms with Gasteiger partial charge < -0.3 is 4.74 Å². The van der Waals surface area contributed by atoms with Crippen molar-refractivity contribution >= 4 is 19.7 Å². The number of halogens is 4. The molecule has 0 saturated carbocycles. The molecule has 0 unspecified atom stereocenters. The number of rotatable bonds is 3. The van der Waals surface area contributed by atoms with Crippen LogP contribution in [0, 0.1) is 5.82 Å². The van der Waals surface area contributed by atoms with Crippen LogP contribution in [0.3, 0.4) is 0 Å². The number of alkyl halides is 2. The molecule has 0 bridgehead atoms. The van der Waals surface area contributed by atoms with Crippen LogP contribution in [0.2, 0.25) is 0 Å². The van der Waals surface area contributed by atoms with Crippen molar-refractivity contribution in [3.63, 3.8) is 0 Å². The van der Waals surface area contributed by atoms with E-state index in [0.717, 1.165) is 0 Å². The van der Waals surface area contributed by atoms with Gasteiger partial charge in [-0.1, -0.05) is 0 Å². The fraction of sp³-hybridized carbons (Fsp3) is 0.167. The van der Waals surface area contributed by atoms with Crippen LogP contribution in [0.25, 0.3) is 0 Å². The highest BCUT2D eigenvalue weighted by molar-refractivity contribution is 8.13. The molecule has 4 nitrogen and oxygen atoms in total. The lowest BCUT2D eigenvalue weighted by atomic mass is 10.4. The van der Waals surface area contributed by atoms with Crippen molar-refractivity contribution in [1.82, 2.24) is 4.98 Å². The molecule has 1 rings (SSSR count). The molecule has 1 aromatic heterocycles. The summed E-state index contributed by atoms with van der Waals surface area (Å²) in [5, 5.41) is -0.763. The summed E-state index contributed by atoms with van der Waals surface area (Å²) in [7, 11) is 0.655. The molecular formula is C6H3ClF3NO3S. The van der Waals surface area contributed by atoms with Crippen LogP contribution in [0.4, 0.5) is 13.2 Å². The Kier molecular flexibility index (Phi) is 3.40. The van der Waals surface area contributed by atoms with Gasteiger partial charge in [-0.05, 0) is 0 Å². The van der Waals surface area contributed by atoms with Crippen molar-refractivity contribution in [2.24, 2.45) is 0 Å². The summed E-state index contributed by atoms with van der Waals surface area (Å²) in [4.78, 5) is 3.10. The monoisotopic (exact) mass is 261 g/mol. The lowest BCUT2D eigenvalue weighted by Crippen LogP contribution is -2.05. The first-order valence-electron chi connectivity index (χ1n) is 3.35. The van der Waals surface area contributed by atoms with Gasteiger partial charge in [0.15, 0.2) is 16.6 Å². The third kappa shape index (κ3) is 3.24. The SMILES string of the molecule is O=S(=O)(Cl)c1cc(OC(F)F)c(F)cn1. The average molecular weight is 262 g/mol. The Morgan fingerprint density at radius 1 is 1.47 bits per heavy atom. The quantitative estimate of drug-likeness (QED) is 0.778. The fourth-order valence-corrected chi connectivity index (χ4v) is 1.40. The van der Waals surface area contributed by atoms with Crippen LogP contribution in [0.5, 0.6) is 5.75 Å². The number of hydrogen-bond acceptors (Lipinski definition) is 4. The number of pyridine rings is 1. The van der Waals surface area contributed by atoms with E-state index >= 15 is 0 Å². The molecule has 0 aliphatic heterocycles. The highest BCUT2D eigenvalue weighted by Gasteiger charge is 2.17. The molecular weight excluding hydrogens is 259 g/mol. The van der Waals surface area contributed by atoms with Gasteiger partial charge >= 0.3 is 6.61 Å².